The van der Waals surface area contributed by atoms with Crippen LogP contribution in [0.2, 0.25) is 0 Å². The predicted octanol–water partition coefficient (Wildman–Crippen LogP) is -0.131. The minimum Gasteiger partial charge on any atom is -0.355 e. The summed E-state index contributed by atoms with van der Waals surface area (Å²) in [7, 11) is -0.862. The highest BCUT2D eigenvalue weighted by Crippen LogP contribution is 2.09. The van der Waals surface area contributed by atoms with Gasteiger partial charge in [0.15, 0.2) is 0 Å². The summed E-state index contributed by atoms with van der Waals surface area (Å²) in [6.45, 7) is 4.18. The first-order chi connectivity index (χ1) is 7.11. The summed E-state index contributed by atoms with van der Waals surface area (Å²) >= 11 is 0. The van der Waals surface area contributed by atoms with E-state index in [-0.39, 0.29) is 17.1 Å². The van der Waals surface area contributed by atoms with Crippen molar-refractivity contribution in [2.45, 2.75) is 25.0 Å². The standard InChI is InChI=1S/C10H20N2O2S/c1-8(15(2)14)6-12-10(13)9-4-3-5-11-7-9/h8-9,11H,3-7H2,1-2H3,(H,12,13)/t8?,9-,15?/m1/s1. The van der Waals surface area contributed by atoms with Crippen molar-refractivity contribution in [2.24, 2.45) is 5.92 Å². The second-order valence-corrected chi connectivity index (χ2v) is 5.90. The Bertz CT molecular complexity index is 240. The molecule has 0 saturated carbocycles. The Morgan fingerprint density at radius 1 is 1.67 bits per heavy atom. The molecular formula is C10H20N2O2S. The molecule has 0 radical (unpaired) electrons. The van der Waals surface area contributed by atoms with Gasteiger partial charge in [0.05, 0.1) is 5.92 Å². The van der Waals surface area contributed by atoms with E-state index in [1.807, 2.05) is 6.92 Å². The van der Waals surface area contributed by atoms with E-state index in [0.29, 0.717) is 6.54 Å². The fourth-order valence-corrected chi connectivity index (χ4v) is 1.90. The van der Waals surface area contributed by atoms with Crippen LogP contribution in [0.25, 0.3) is 0 Å². The topological polar surface area (TPSA) is 58.2 Å². The lowest BCUT2D eigenvalue weighted by Crippen LogP contribution is -2.42. The van der Waals surface area contributed by atoms with Crippen LogP contribution < -0.4 is 10.6 Å². The molecule has 3 atom stereocenters. The van der Waals surface area contributed by atoms with E-state index in [2.05, 4.69) is 10.6 Å². The molecule has 1 heterocycles. The molecule has 0 aromatic heterocycles. The van der Waals surface area contributed by atoms with Crippen molar-refractivity contribution in [3.8, 4) is 0 Å². The van der Waals surface area contributed by atoms with Crippen LogP contribution >= 0.6 is 0 Å². The summed E-state index contributed by atoms with van der Waals surface area (Å²) in [5.74, 6) is 0.191. The number of hydrogen-bond donors (Lipinski definition) is 2. The van der Waals surface area contributed by atoms with Gasteiger partial charge in [0.25, 0.3) is 0 Å². The normalized spacial score (nSPS) is 25.6. The molecule has 4 nitrogen and oxygen atoms in total. The summed E-state index contributed by atoms with van der Waals surface area (Å²) in [6, 6.07) is 0. The summed E-state index contributed by atoms with van der Waals surface area (Å²) in [5.41, 5.74) is 0. The van der Waals surface area contributed by atoms with Crippen molar-refractivity contribution >= 4 is 16.7 Å². The first-order valence-corrected chi connectivity index (χ1v) is 7.04. The van der Waals surface area contributed by atoms with Gasteiger partial charge in [-0.25, -0.2) is 0 Å². The molecule has 0 aliphatic carbocycles. The SMILES string of the molecule is CC(CNC(=O)[C@@H]1CCCNC1)S(C)=O. The lowest BCUT2D eigenvalue weighted by molar-refractivity contribution is -0.125. The molecule has 1 aliphatic rings. The van der Waals surface area contributed by atoms with Gasteiger partial charge in [0.2, 0.25) is 5.91 Å². The van der Waals surface area contributed by atoms with E-state index in [0.717, 1.165) is 25.9 Å². The highest BCUT2D eigenvalue weighted by molar-refractivity contribution is 7.84. The third-order valence-electron chi connectivity index (χ3n) is 2.80. The number of piperidine rings is 1. The molecule has 88 valence electrons. The summed E-state index contributed by atoms with van der Waals surface area (Å²) < 4.78 is 11.1. The molecule has 0 aromatic rings. The van der Waals surface area contributed by atoms with Gasteiger partial charge in [-0.05, 0) is 26.3 Å². The van der Waals surface area contributed by atoms with Crippen LogP contribution in [0.5, 0.6) is 0 Å². The molecule has 5 heteroatoms. The van der Waals surface area contributed by atoms with E-state index in [9.17, 15) is 9.00 Å². The Morgan fingerprint density at radius 2 is 2.40 bits per heavy atom. The average molecular weight is 232 g/mol. The van der Waals surface area contributed by atoms with Gasteiger partial charge in [-0.1, -0.05) is 0 Å². The van der Waals surface area contributed by atoms with Crippen molar-refractivity contribution < 1.29 is 9.00 Å². The van der Waals surface area contributed by atoms with E-state index in [1.165, 1.54) is 0 Å². The number of amides is 1. The monoisotopic (exact) mass is 232 g/mol. The number of nitrogens with one attached hydrogen (secondary N) is 2. The van der Waals surface area contributed by atoms with E-state index >= 15 is 0 Å². The van der Waals surface area contributed by atoms with Crippen LogP contribution in [0.15, 0.2) is 0 Å². The zero-order chi connectivity index (χ0) is 11.3. The fraction of sp³-hybridized carbons (Fsp3) is 0.900. The minimum absolute atomic E-state index is 0.0329. The Morgan fingerprint density at radius 3 is 2.93 bits per heavy atom. The number of rotatable bonds is 4. The van der Waals surface area contributed by atoms with Gasteiger partial charge < -0.3 is 10.6 Å². The maximum Gasteiger partial charge on any atom is 0.224 e. The van der Waals surface area contributed by atoms with Crippen LogP contribution in [0.1, 0.15) is 19.8 Å². The van der Waals surface area contributed by atoms with Gasteiger partial charge in [0.1, 0.15) is 0 Å². The fourth-order valence-electron chi connectivity index (χ4n) is 1.58. The van der Waals surface area contributed by atoms with Crippen molar-refractivity contribution in [1.82, 2.24) is 10.6 Å². The third-order valence-corrected chi connectivity index (χ3v) is 4.10. The Kier molecular flexibility index (Phi) is 5.25. The number of carbonyl (C=O) groups excluding carboxylic acids is 1. The molecule has 1 rings (SSSR count). The van der Waals surface area contributed by atoms with Crippen LogP contribution in [-0.4, -0.2) is 41.3 Å². The first kappa shape index (κ1) is 12.6. The van der Waals surface area contributed by atoms with Crippen LogP contribution in [0.3, 0.4) is 0 Å². The molecule has 1 aliphatic heterocycles. The van der Waals surface area contributed by atoms with Gasteiger partial charge >= 0.3 is 0 Å². The second kappa shape index (κ2) is 6.23. The van der Waals surface area contributed by atoms with Crippen molar-refractivity contribution in [3.63, 3.8) is 0 Å². The molecule has 1 saturated heterocycles. The lowest BCUT2D eigenvalue weighted by atomic mass is 9.99. The van der Waals surface area contributed by atoms with Crippen LogP contribution in [0.4, 0.5) is 0 Å². The average Bonchev–Trinajstić information content (AvgIpc) is 2.26. The number of carbonyl (C=O) groups is 1. The first-order valence-electron chi connectivity index (χ1n) is 5.42. The molecule has 1 fully saturated rings. The zero-order valence-electron chi connectivity index (χ0n) is 9.41. The van der Waals surface area contributed by atoms with Crippen molar-refractivity contribution in [2.75, 3.05) is 25.9 Å². The number of hydrogen-bond acceptors (Lipinski definition) is 3. The van der Waals surface area contributed by atoms with Gasteiger partial charge in [-0.3, -0.25) is 9.00 Å². The Balaban J connectivity index is 2.25. The largest absolute Gasteiger partial charge is 0.355 e. The van der Waals surface area contributed by atoms with E-state index < -0.39 is 10.8 Å². The maximum atomic E-state index is 11.7. The third kappa shape index (κ3) is 4.30. The minimum atomic E-state index is -0.862. The Labute approximate surface area is 93.7 Å². The predicted molar refractivity (Wildman–Crippen MR) is 62.1 cm³/mol. The molecule has 15 heavy (non-hydrogen) atoms. The smallest absolute Gasteiger partial charge is 0.224 e. The van der Waals surface area contributed by atoms with Crippen molar-refractivity contribution in [1.29, 1.82) is 0 Å². The summed E-state index contributed by atoms with van der Waals surface area (Å²) in [6.07, 6.45) is 3.69. The van der Waals surface area contributed by atoms with Crippen molar-refractivity contribution in [3.05, 3.63) is 0 Å². The molecule has 2 unspecified atom stereocenters. The van der Waals surface area contributed by atoms with E-state index in [1.54, 1.807) is 6.26 Å². The van der Waals surface area contributed by atoms with Crippen LogP contribution in [-0.2, 0) is 15.6 Å². The molecule has 0 spiro atoms. The highest BCUT2D eigenvalue weighted by atomic mass is 32.2. The summed E-state index contributed by atoms with van der Waals surface area (Å²) in [4.78, 5) is 11.7. The molecule has 0 bridgehead atoms. The van der Waals surface area contributed by atoms with Crippen LogP contribution in [0, 0.1) is 5.92 Å². The quantitative estimate of drug-likeness (QED) is 0.710. The summed E-state index contributed by atoms with van der Waals surface area (Å²) in [5, 5.41) is 6.10. The molecular weight excluding hydrogens is 212 g/mol. The highest BCUT2D eigenvalue weighted by Gasteiger charge is 2.21. The second-order valence-electron chi connectivity index (χ2n) is 4.10. The van der Waals surface area contributed by atoms with E-state index in [4.69, 9.17) is 0 Å². The van der Waals surface area contributed by atoms with Gasteiger partial charge in [-0.15, -0.1) is 0 Å². The maximum absolute atomic E-state index is 11.7. The molecule has 2 N–H and O–H groups in total. The molecule has 0 aromatic carbocycles. The molecule has 1 amide bonds. The van der Waals surface area contributed by atoms with Gasteiger partial charge in [-0.2, -0.15) is 0 Å². The lowest BCUT2D eigenvalue weighted by Gasteiger charge is -2.22. The zero-order valence-corrected chi connectivity index (χ0v) is 10.2. The Hall–Kier alpha value is -0.420. The van der Waals surface area contributed by atoms with Gasteiger partial charge in [0, 0.05) is 35.4 Å².